The van der Waals surface area contributed by atoms with Gasteiger partial charge in [-0.2, -0.15) is 0 Å². The zero-order valence-electron chi connectivity index (χ0n) is 10.0. The molecule has 1 aliphatic carbocycles. The van der Waals surface area contributed by atoms with Crippen LogP contribution in [0.5, 0.6) is 0 Å². The Bertz CT molecular complexity index is 408. The van der Waals surface area contributed by atoms with Gasteiger partial charge >= 0.3 is 0 Å². The van der Waals surface area contributed by atoms with Gasteiger partial charge in [0.25, 0.3) is 5.91 Å². The lowest BCUT2D eigenvalue weighted by Gasteiger charge is -2.17. The van der Waals surface area contributed by atoms with Crippen LogP contribution in [0.15, 0.2) is 18.3 Å². The van der Waals surface area contributed by atoms with Crippen molar-refractivity contribution in [1.82, 2.24) is 10.3 Å². The third-order valence-corrected chi connectivity index (χ3v) is 4.12. The van der Waals surface area contributed by atoms with Gasteiger partial charge in [0.05, 0.1) is 5.02 Å². The van der Waals surface area contributed by atoms with E-state index in [2.05, 4.69) is 10.3 Å². The standard InChI is InChI=1S/C13H16Cl2N2O/c14-6-9-2-1-3-10(9)7-17-13(18)12-5-4-11(15)8-16-12/h4-5,8-10H,1-3,6-7H2,(H,17,18). The van der Waals surface area contributed by atoms with Gasteiger partial charge in [0.2, 0.25) is 0 Å². The van der Waals surface area contributed by atoms with Crippen LogP contribution in [-0.2, 0) is 0 Å². The van der Waals surface area contributed by atoms with Crippen LogP contribution in [0.25, 0.3) is 0 Å². The first-order chi connectivity index (χ1) is 8.70. The quantitative estimate of drug-likeness (QED) is 0.864. The molecule has 98 valence electrons. The van der Waals surface area contributed by atoms with E-state index in [0.29, 0.717) is 35.0 Å². The predicted molar refractivity (Wildman–Crippen MR) is 73.1 cm³/mol. The number of amides is 1. The minimum Gasteiger partial charge on any atom is -0.350 e. The summed E-state index contributed by atoms with van der Waals surface area (Å²) in [5, 5.41) is 3.45. The summed E-state index contributed by atoms with van der Waals surface area (Å²) in [6, 6.07) is 3.30. The normalized spacial score (nSPS) is 23.0. The van der Waals surface area contributed by atoms with Gasteiger partial charge in [-0.05, 0) is 36.8 Å². The minimum absolute atomic E-state index is 0.146. The van der Waals surface area contributed by atoms with Gasteiger partial charge < -0.3 is 5.32 Å². The van der Waals surface area contributed by atoms with Crippen LogP contribution in [0.4, 0.5) is 0 Å². The molecule has 5 heteroatoms. The minimum atomic E-state index is -0.146. The number of carbonyl (C=O) groups excluding carboxylic acids is 1. The summed E-state index contributed by atoms with van der Waals surface area (Å²) in [5.41, 5.74) is 0.403. The fraction of sp³-hybridized carbons (Fsp3) is 0.538. The second-order valence-corrected chi connectivity index (χ2v) is 5.42. The van der Waals surface area contributed by atoms with Crippen molar-refractivity contribution in [2.75, 3.05) is 12.4 Å². The summed E-state index contributed by atoms with van der Waals surface area (Å²) >= 11 is 11.6. The molecule has 1 heterocycles. The number of nitrogens with zero attached hydrogens (tertiary/aromatic N) is 1. The number of carbonyl (C=O) groups is 1. The van der Waals surface area contributed by atoms with Gasteiger partial charge in [-0.1, -0.05) is 18.0 Å². The van der Waals surface area contributed by atoms with Crippen molar-refractivity contribution in [2.24, 2.45) is 11.8 Å². The molecule has 0 spiro atoms. The molecule has 0 aliphatic heterocycles. The average Bonchev–Trinajstić information content (AvgIpc) is 2.84. The maximum Gasteiger partial charge on any atom is 0.269 e. The second kappa shape index (κ2) is 6.39. The second-order valence-electron chi connectivity index (χ2n) is 4.68. The van der Waals surface area contributed by atoms with Crippen molar-refractivity contribution in [3.05, 3.63) is 29.0 Å². The first-order valence-corrected chi connectivity index (χ1v) is 7.07. The lowest BCUT2D eigenvalue weighted by atomic mass is 9.98. The van der Waals surface area contributed by atoms with Crippen LogP contribution in [0, 0.1) is 11.8 Å². The molecular formula is C13H16Cl2N2O. The fourth-order valence-electron chi connectivity index (χ4n) is 2.41. The van der Waals surface area contributed by atoms with Crippen LogP contribution >= 0.6 is 23.2 Å². The number of halogens is 2. The van der Waals surface area contributed by atoms with Gasteiger partial charge in [0, 0.05) is 18.6 Å². The summed E-state index contributed by atoms with van der Waals surface area (Å²) < 4.78 is 0. The van der Waals surface area contributed by atoms with E-state index in [1.54, 1.807) is 12.1 Å². The van der Waals surface area contributed by atoms with Gasteiger partial charge in [-0.25, -0.2) is 4.98 Å². The molecule has 0 radical (unpaired) electrons. The molecule has 1 N–H and O–H groups in total. The molecular weight excluding hydrogens is 271 g/mol. The van der Waals surface area contributed by atoms with Crippen molar-refractivity contribution in [2.45, 2.75) is 19.3 Å². The molecule has 0 aromatic carbocycles. The van der Waals surface area contributed by atoms with E-state index >= 15 is 0 Å². The number of rotatable bonds is 4. The Morgan fingerprint density at radius 3 is 2.83 bits per heavy atom. The Balaban J connectivity index is 1.86. The SMILES string of the molecule is O=C(NCC1CCCC1CCl)c1ccc(Cl)cn1. The highest BCUT2D eigenvalue weighted by Gasteiger charge is 2.26. The number of aromatic nitrogens is 1. The third-order valence-electron chi connectivity index (χ3n) is 3.50. The zero-order chi connectivity index (χ0) is 13.0. The van der Waals surface area contributed by atoms with E-state index in [0.717, 1.165) is 6.42 Å². The molecule has 1 aliphatic rings. The Morgan fingerprint density at radius 1 is 1.39 bits per heavy atom. The van der Waals surface area contributed by atoms with Crippen molar-refractivity contribution < 1.29 is 4.79 Å². The van der Waals surface area contributed by atoms with Crippen LogP contribution in [0.3, 0.4) is 0 Å². The monoisotopic (exact) mass is 286 g/mol. The van der Waals surface area contributed by atoms with E-state index in [-0.39, 0.29) is 5.91 Å². The molecule has 1 aromatic heterocycles. The van der Waals surface area contributed by atoms with Gasteiger partial charge in [-0.15, -0.1) is 11.6 Å². The average molecular weight is 287 g/mol. The van der Waals surface area contributed by atoms with Gasteiger partial charge in [0.15, 0.2) is 0 Å². The molecule has 2 rings (SSSR count). The van der Waals surface area contributed by atoms with E-state index in [1.807, 2.05) is 0 Å². The molecule has 1 amide bonds. The molecule has 0 saturated heterocycles. The van der Waals surface area contributed by atoms with Crippen LogP contribution in [0.2, 0.25) is 5.02 Å². The largest absolute Gasteiger partial charge is 0.350 e. The van der Waals surface area contributed by atoms with Gasteiger partial charge in [0.1, 0.15) is 5.69 Å². The predicted octanol–water partition coefficient (Wildman–Crippen LogP) is 3.12. The molecule has 0 bridgehead atoms. The fourth-order valence-corrected chi connectivity index (χ4v) is 2.93. The number of hydrogen-bond acceptors (Lipinski definition) is 2. The summed E-state index contributed by atoms with van der Waals surface area (Å²) in [6.07, 6.45) is 5.00. The summed E-state index contributed by atoms with van der Waals surface area (Å²) in [4.78, 5) is 15.9. The Morgan fingerprint density at radius 2 is 2.17 bits per heavy atom. The highest BCUT2D eigenvalue weighted by molar-refractivity contribution is 6.30. The molecule has 1 fully saturated rings. The van der Waals surface area contributed by atoms with Crippen LogP contribution in [0.1, 0.15) is 29.8 Å². The van der Waals surface area contributed by atoms with Crippen LogP contribution < -0.4 is 5.32 Å². The maximum atomic E-state index is 11.9. The summed E-state index contributed by atoms with van der Waals surface area (Å²) in [5.74, 6) is 1.57. The smallest absolute Gasteiger partial charge is 0.269 e. The highest BCUT2D eigenvalue weighted by Crippen LogP contribution is 2.31. The van der Waals surface area contributed by atoms with Crippen molar-refractivity contribution in [3.8, 4) is 0 Å². The third kappa shape index (κ3) is 3.36. The molecule has 18 heavy (non-hydrogen) atoms. The van der Waals surface area contributed by atoms with Crippen LogP contribution in [-0.4, -0.2) is 23.3 Å². The summed E-state index contributed by atoms with van der Waals surface area (Å²) in [7, 11) is 0. The van der Waals surface area contributed by atoms with E-state index < -0.39 is 0 Å². The van der Waals surface area contributed by atoms with E-state index in [1.165, 1.54) is 19.0 Å². The van der Waals surface area contributed by atoms with Crippen molar-refractivity contribution in [3.63, 3.8) is 0 Å². The highest BCUT2D eigenvalue weighted by atomic mass is 35.5. The van der Waals surface area contributed by atoms with E-state index in [4.69, 9.17) is 23.2 Å². The first-order valence-electron chi connectivity index (χ1n) is 6.16. The molecule has 3 nitrogen and oxygen atoms in total. The van der Waals surface area contributed by atoms with Crippen molar-refractivity contribution in [1.29, 1.82) is 0 Å². The number of pyridine rings is 1. The molecule has 2 unspecified atom stereocenters. The Hall–Kier alpha value is -0.800. The number of nitrogens with one attached hydrogen (secondary N) is 1. The maximum absolute atomic E-state index is 11.9. The zero-order valence-corrected chi connectivity index (χ0v) is 11.5. The Labute approximate surface area is 117 Å². The molecule has 2 atom stereocenters. The van der Waals surface area contributed by atoms with Gasteiger partial charge in [-0.3, -0.25) is 4.79 Å². The summed E-state index contributed by atoms with van der Waals surface area (Å²) in [6.45, 7) is 0.681. The molecule has 1 saturated carbocycles. The van der Waals surface area contributed by atoms with Crippen molar-refractivity contribution >= 4 is 29.1 Å². The number of alkyl halides is 1. The van der Waals surface area contributed by atoms with E-state index in [9.17, 15) is 4.79 Å². The molecule has 1 aromatic rings. The lowest BCUT2D eigenvalue weighted by Crippen LogP contribution is -2.31. The lowest BCUT2D eigenvalue weighted by molar-refractivity contribution is 0.0939. The first kappa shape index (κ1) is 13.6. The topological polar surface area (TPSA) is 42.0 Å². The number of hydrogen-bond donors (Lipinski definition) is 1. The Kier molecular flexibility index (Phi) is 4.84.